The fourth-order valence-electron chi connectivity index (χ4n) is 2.81. The van der Waals surface area contributed by atoms with Crippen molar-refractivity contribution in [1.82, 2.24) is 19.9 Å². The smallest absolute Gasteiger partial charge is 0.272 e. The van der Waals surface area contributed by atoms with E-state index < -0.39 is 6.04 Å². The van der Waals surface area contributed by atoms with Gasteiger partial charge in [0, 0.05) is 17.8 Å². The fraction of sp³-hybridized carbons (Fsp3) is 0.316. The van der Waals surface area contributed by atoms with Crippen molar-refractivity contribution in [3.05, 3.63) is 52.1 Å². The molecule has 1 amide bonds. The van der Waals surface area contributed by atoms with Crippen LogP contribution < -0.4 is 25.1 Å². The summed E-state index contributed by atoms with van der Waals surface area (Å²) in [6.45, 7) is 3.34. The van der Waals surface area contributed by atoms with Gasteiger partial charge in [0.25, 0.3) is 11.5 Å². The Labute approximate surface area is 161 Å². The number of rotatable bonds is 7. The van der Waals surface area contributed by atoms with Gasteiger partial charge in [-0.15, -0.1) is 0 Å². The number of nitrogens with one attached hydrogen (secondary N) is 2. The van der Waals surface area contributed by atoms with Crippen LogP contribution >= 0.6 is 0 Å². The summed E-state index contributed by atoms with van der Waals surface area (Å²) in [5.74, 6) is 0.898. The van der Waals surface area contributed by atoms with E-state index in [1.807, 2.05) is 6.92 Å². The topological polar surface area (TPSA) is 107 Å². The van der Waals surface area contributed by atoms with E-state index in [9.17, 15) is 9.59 Å². The van der Waals surface area contributed by atoms with Crippen molar-refractivity contribution in [2.75, 3.05) is 20.8 Å². The molecule has 1 unspecified atom stereocenters. The SMILES string of the molecule is COc1cccc(OC)c1OCC(=O)NC(C)c1cc(=O)n2[nH]c(C)cc2n1. The molecule has 0 radical (unpaired) electrons. The van der Waals surface area contributed by atoms with Gasteiger partial charge in [0.2, 0.25) is 5.75 Å². The number of H-pyrrole nitrogens is 1. The van der Waals surface area contributed by atoms with Gasteiger partial charge in [-0.25, -0.2) is 9.50 Å². The molecule has 0 spiro atoms. The van der Waals surface area contributed by atoms with Crippen LogP contribution in [-0.2, 0) is 4.79 Å². The van der Waals surface area contributed by atoms with Gasteiger partial charge in [-0.3, -0.25) is 14.7 Å². The molecule has 0 saturated carbocycles. The highest BCUT2D eigenvalue weighted by Gasteiger charge is 2.17. The van der Waals surface area contributed by atoms with Gasteiger partial charge in [0.05, 0.1) is 26.0 Å². The summed E-state index contributed by atoms with van der Waals surface area (Å²) >= 11 is 0. The Balaban J connectivity index is 1.69. The third-order valence-electron chi connectivity index (χ3n) is 4.15. The third kappa shape index (κ3) is 3.93. The quantitative estimate of drug-likeness (QED) is 0.639. The minimum Gasteiger partial charge on any atom is -0.493 e. The highest BCUT2D eigenvalue weighted by Crippen LogP contribution is 2.36. The maximum absolute atomic E-state index is 12.3. The number of para-hydroxylation sites is 1. The Bertz CT molecular complexity index is 1030. The van der Waals surface area contributed by atoms with Gasteiger partial charge in [0.1, 0.15) is 0 Å². The maximum atomic E-state index is 12.3. The Morgan fingerprint density at radius 1 is 1.25 bits per heavy atom. The van der Waals surface area contributed by atoms with Crippen LogP contribution in [0.5, 0.6) is 17.2 Å². The van der Waals surface area contributed by atoms with E-state index in [0.29, 0.717) is 28.6 Å². The number of hydrogen-bond acceptors (Lipinski definition) is 6. The normalized spacial score (nSPS) is 11.9. The van der Waals surface area contributed by atoms with E-state index in [1.54, 1.807) is 31.2 Å². The number of benzene rings is 1. The van der Waals surface area contributed by atoms with Crippen molar-refractivity contribution in [2.45, 2.75) is 19.9 Å². The lowest BCUT2D eigenvalue weighted by Gasteiger charge is -2.16. The summed E-state index contributed by atoms with van der Waals surface area (Å²) in [6.07, 6.45) is 0. The molecule has 9 nitrogen and oxygen atoms in total. The zero-order valence-electron chi connectivity index (χ0n) is 16.1. The van der Waals surface area contributed by atoms with E-state index in [0.717, 1.165) is 5.69 Å². The van der Waals surface area contributed by atoms with E-state index in [1.165, 1.54) is 24.8 Å². The van der Waals surface area contributed by atoms with E-state index in [2.05, 4.69) is 15.4 Å². The lowest BCUT2D eigenvalue weighted by molar-refractivity contribution is -0.123. The molecule has 0 saturated heterocycles. The first kappa shape index (κ1) is 19.3. The second-order valence-electron chi connectivity index (χ2n) is 6.22. The molecule has 0 aliphatic rings. The lowest BCUT2D eigenvalue weighted by Crippen LogP contribution is -2.32. The summed E-state index contributed by atoms with van der Waals surface area (Å²) in [6, 6.07) is 7.86. The average Bonchev–Trinajstić information content (AvgIpc) is 3.06. The van der Waals surface area contributed by atoms with Gasteiger partial charge in [-0.2, -0.15) is 0 Å². The Morgan fingerprint density at radius 3 is 2.57 bits per heavy atom. The molecule has 28 heavy (non-hydrogen) atoms. The summed E-state index contributed by atoms with van der Waals surface area (Å²) in [5, 5.41) is 5.68. The van der Waals surface area contributed by atoms with Crippen LogP contribution in [0.15, 0.2) is 35.1 Å². The number of aromatic nitrogens is 3. The number of carbonyl (C=O) groups is 1. The molecule has 3 rings (SSSR count). The predicted molar refractivity (Wildman–Crippen MR) is 102 cm³/mol. The number of fused-ring (bicyclic) bond motifs is 1. The molecule has 3 aromatic rings. The van der Waals surface area contributed by atoms with E-state index in [4.69, 9.17) is 14.2 Å². The molecule has 0 aliphatic heterocycles. The molecule has 9 heteroatoms. The highest BCUT2D eigenvalue weighted by molar-refractivity contribution is 5.78. The predicted octanol–water partition coefficient (Wildman–Crippen LogP) is 1.60. The van der Waals surface area contributed by atoms with Crippen molar-refractivity contribution in [2.24, 2.45) is 0 Å². The minimum absolute atomic E-state index is 0.244. The summed E-state index contributed by atoms with van der Waals surface area (Å²) < 4.78 is 17.4. The first-order valence-electron chi connectivity index (χ1n) is 8.65. The van der Waals surface area contributed by atoms with Gasteiger partial charge in [-0.05, 0) is 26.0 Å². The molecule has 0 fully saturated rings. The fourth-order valence-corrected chi connectivity index (χ4v) is 2.81. The Kier molecular flexibility index (Phi) is 5.53. The number of aryl methyl sites for hydroxylation is 1. The van der Waals surface area contributed by atoms with Crippen LogP contribution in [-0.4, -0.2) is 41.3 Å². The molecule has 148 valence electrons. The van der Waals surface area contributed by atoms with Crippen molar-refractivity contribution in [1.29, 1.82) is 0 Å². The van der Waals surface area contributed by atoms with Crippen LogP contribution in [0.3, 0.4) is 0 Å². The van der Waals surface area contributed by atoms with Crippen molar-refractivity contribution in [3.8, 4) is 17.2 Å². The summed E-state index contributed by atoms with van der Waals surface area (Å²) in [7, 11) is 3.01. The van der Waals surface area contributed by atoms with Gasteiger partial charge in [-0.1, -0.05) is 6.07 Å². The summed E-state index contributed by atoms with van der Waals surface area (Å²) in [5.41, 5.74) is 1.53. The minimum atomic E-state index is -0.469. The zero-order chi connectivity index (χ0) is 20.3. The first-order valence-corrected chi connectivity index (χ1v) is 8.65. The van der Waals surface area contributed by atoms with Gasteiger partial charge in [0.15, 0.2) is 23.8 Å². The Morgan fingerprint density at radius 2 is 1.93 bits per heavy atom. The average molecular weight is 386 g/mol. The standard InChI is InChI=1S/C19H22N4O5/c1-11-8-16-21-13(9-18(25)23(16)22-11)12(2)20-17(24)10-28-19-14(26-3)6-5-7-15(19)27-4/h5-9,12,22H,10H2,1-4H3,(H,20,24). The van der Waals surface area contributed by atoms with E-state index in [-0.39, 0.29) is 18.1 Å². The van der Waals surface area contributed by atoms with Crippen LogP contribution in [0.25, 0.3) is 5.65 Å². The van der Waals surface area contributed by atoms with Crippen molar-refractivity contribution >= 4 is 11.6 Å². The van der Waals surface area contributed by atoms with Gasteiger partial charge < -0.3 is 19.5 Å². The number of nitrogens with zero attached hydrogens (tertiary/aromatic N) is 2. The van der Waals surface area contributed by atoms with E-state index >= 15 is 0 Å². The molecule has 2 N–H and O–H groups in total. The monoisotopic (exact) mass is 386 g/mol. The Hall–Kier alpha value is -3.49. The summed E-state index contributed by atoms with van der Waals surface area (Å²) in [4.78, 5) is 28.9. The van der Waals surface area contributed by atoms with Crippen LogP contribution in [0.4, 0.5) is 0 Å². The molecule has 2 heterocycles. The second kappa shape index (κ2) is 8.03. The molecule has 2 aromatic heterocycles. The molecule has 0 aliphatic carbocycles. The number of amides is 1. The first-order chi connectivity index (χ1) is 13.4. The maximum Gasteiger partial charge on any atom is 0.272 e. The van der Waals surface area contributed by atoms with Crippen molar-refractivity contribution < 1.29 is 19.0 Å². The van der Waals surface area contributed by atoms with Crippen LogP contribution in [0, 0.1) is 6.92 Å². The van der Waals surface area contributed by atoms with Crippen LogP contribution in [0.2, 0.25) is 0 Å². The van der Waals surface area contributed by atoms with Gasteiger partial charge >= 0.3 is 0 Å². The zero-order valence-corrected chi connectivity index (χ0v) is 16.1. The number of hydrogen-bond donors (Lipinski definition) is 2. The second-order valence-corrected chi connectivity index (χ2v) is 6.22. The molecule has 0 bridgehead atoms. The number of methoxy groups -OCH3 is 2. The third-order valence-corrected chi connectivity index (χ3v) is 4.15. The molecule has 1 atom stereocenters. The number of aromatic amines is 1. The number of carbonyl (C=O) groups excluding carboxylic acids is 1. The largest absolute Gasteiger partial charge is 0.493 e. The van der Waals surface area contributed by atoms with Crippen molar-refractivity contribution in [3.63, 3.8) is 0 Å². The highest BCUT2D eigenvalue weighted by atomic mass is 16.5. The number of ether oxygens (including phenoxy) is 3. The molecular weight excluding hydrogens is 364 g/mol. The molecule has 1 aromatic carbocycles. The van der Waals surface area contributed by atoms with Crippen LogP contribution in [0.1, 0.15) is 24.4 Å². The molecular formula is C19H22N4O5. The lowest BCUT2D eigenvalue weighted by atomic mass is 10.2.